The van der Waals surface area contributed by atoms with Gasteiger partial charge >= 0.3 is 11.9 Å². The van der Waals surface area contributed by atoms with Crippen molar-refractivity contribution in [2.24, 2.45) is 0 Å². The van der Waals surface area contributed by atoms with Gasteiger partial charge in [-0.2, -0.15) is 5.26 Å². The van der Waals surface area contributed by atoms with Gasteiger partial charge in [-0.05, 0) is 49.1 Å². The van der Waals surface area contributed by atoms with Crippen LogP contribution in [-0.4, -0.2) is 38.2 Å². The van der Waals surface area contributed by atoms with Crippen LogP contribution in [0.3, 0.4) is 0 Å². The molecule has 0 spiro atoms. The van der Waals surface area contributed by atoms with Crippen molar-refractivity contribution >= 4 is 40.3 Å². The molecule has 1 N–H and O–H groups in total. The van der Waals surface area contributed by atoms with Crippen LogP contribution in [-0.2, 0) is 14.3 Å². The number of rotatable bonds is 8. The molecule has 0 atom stereocenters. The van der Waals surface area contributed by atoms with E-state index < -0.39 is 17.8 Å². The van der Waals surface area contributed by atoms with Gasteiger partial charge in [-0.25, -0.2) is 4.79 Å². The smallest absolute Gasteiger partial charge is 0.341 e. The monoisotopic (exact) mass is 458 g/mol. The Morgan fingerprint density at radius 2 is 1.78 bits per heavy atom. The first-order valence-corrected chi connectivity index (χ1v) is 10.2. The SMILES string of the molecule is COc1cc(/C=C(\C#N)C(=O)Nc2sccc2C(=O)OC(C)C)cc(OC)c1OC(C)=O. The summed E-state index contributed by atoms with van der Waals surface area (Å²) in [5.74, 6) is -1.41. The van der Waals surface area contributed by atoms with Gasteiger partial charge in [0.05, 0.1) is 25.9 Å². The first-order chi connectivity index (χ1) is 15.2. The van der Waals surface area contributed by atoms with Crippen molar-refractivity contribution in [1.29, 1.82) is 5.26 Å². The van der Waals surface area contributed by atoms with Crippen LogP contribution in [0.2, 0.25) is 0 Å². The van der Waals surface area contributed by atoms with Crippen molar-refractivity contribution in [3.63, 3.8) is 0 Å². The van der Waals surface area contributed by atoms with Gasteiger partial charge in [0, 0.05) is 6.92 Å². The molecule has 2 aromatic rings. The Hall–Kier alpha value is -3.84. The summed E-state index contributed by atoms with van der Waals surface area (Å²) in [6.45, 7) is 4.67. The van der Waals surface area contributed by atoms with Gasteiger partial charge in [-0.3, -0.25) is 9.59 Å². The number of ether oxygens (including phenoxy) is 4. The first-order valence-electron chi connectivity index (χ1n) is 9.36. The molecule has 0 aliphatic heterocycles. The molecule has 0 aliphatic carbocycles. The van der Waals surface area contributed by atoms with Crippen LogP contribution in [0.25, 0.3) is 6.08 Å². The van der Waals surface area contributed by atoms with E-state index in [0.717, 1.165) is 11.3 Å². The van der Waals surface area contributed by atoms with E-state index in [1.54, 1.807) is 19.2 Å². The molecule has 168 valence electrons. The fourth-order valence-electron chi connectivity index (χ4n) is 2.56. The minimum Gasteiger partial charge on any atom is -0.493 e. The summed E-state index contributed by atoms with van der Waals surface area (Å²) in [6, 6.07) is 6.34. The van der Waals surface area contributed by atoms with Crippen LogP contribution in [0.15, 0.2) is 29.2 Å². The van der Waals surface area contributed by atoms with Crippen LogP contribution in [0.4, 0.5) is 5.00 Å². The van der Waals surface area contributed by atoms with Gasteiger partial charge in [0.1, 0.15) is 16.6 Å². The summed E-state index contributed by atoms with van der Waals surface area (Å²) < 4.78 is 20.8. The number of hydrogen-bond acceptors (Lipinski definition) is 9. The Morgan fingerprint density at radius 3 is 2.28 bits per heavy atom. The molecule has 1 amide bonds. The van der Waals surface area contributed by atoms with Crippen LogP contribution < -0.4 is 19.5 Å². The molecule has 0 saturated heterocycles. The molecule has 0 saturated carbocycles. The summed E-state index contributed by atoms with van der Waals surface area (Å²) in [7, 11) is 2.75. The zero-order valence-corrected chi connectivity index (χ0v) is 19.0. The van der Waals surface area contributed by atoms with Crippen LogP contribution in [0.5, 0.6) is 17.2 Å². The number of amides is 1. The number of carbonyl (C=O) groups excluding carboxylic acids is 3. The lowest BCUT2D eigenvalue weighted by atomic mass is 10.1. The average molecular weight is 458 g/mol. The van der Waals surface area contributed by atoms with Gasteiger partial charge in [-0.15, -0.1) is 11.3 Å². The molecule has 0 radical (unpaired) electrons. The second-order valence-electron chi connectivity index (χ2n) is 6.59. The van der Waals surface area contributed by atoms with E-state index in [0.29, 0.717) is 5.56 Å². The molecule has 9 nitrogen and oxygen atoms in total. The molecule has 32 heavy (non-hydrogen) atoms. The van der Waals surface area contributed by atoms with E-state index >= 15 is 0 Å². The Bertz CT molecular complexity index is 1070. The van der Waals surface area contributed by atoms with Gasteiger partial charge in [0.15, 0.2) is 11.5 Å². The van der Waals surface area contributed by atoms with Gasteiger partial charge in [0.25, 0.3) is 5.91 Å². The molecule has 10 heteroatoms. The number of hydrogen-bond donors (Lipinski definition) is 1. The second-order valence-corrected chi connectivity index (χ2v) is 7.51. The van der Waals surface area contributed by atoms with Crippen molar-refractivity contribution in [1.82, 2.24) is 0 Å². The highest BCUT2D eigenvalue weighted by atomic mass is 32.1. The predicted molar refractivity (Wildman–Crippen MR) is 118 cm³/mol. The van der Waals surface area contributed by atoms with E-state index in [-0.39, 0.29) is 39.5 Å². The number of benzene rings is 1. The standard InChI is InChI=1S/C22H22N2O7S/c1-12(2)30-22(27)16-6-7-32-21(16)24-20(26)15(11-23)8-14-9-17(28-4)19(31-13(3)25)18(10-14)29-5/h6-10,12H,1-5H3,(H,24,26)/b15-8+. The van der Waals surface area contributed by atoms with E-state index in [2.05, 4.69) is 5.32 Å². The first kappa shape index (κ1) is 24.4. The number of anilines is 1. The number of nitrogens with zero attached hydrogens (tertiary/aromatic N) is 1. The lowest BCUT2D eigenvalue weighted by Gasteiger charge is -2.13. The molecule has 1 aromatic carbocycles. The maximum absolute atomic E-state index is 12.7. The van der Waals surface area contributed by atoms with Crippen LogP contribution in [0.1, 0.15) is 36.7 Å². The van der Waals surface area contributed by atoms with Crippen LogP contribution in [0, 0.1) is 11.3 Å². The number of nitriles is 1. The van der Waals surface area contributed by atoms with Crippen molar-refractivity contribution in [2.75, 3.05) is 19.5 Å². The van der Waals surface area contributed by atoms with E-state index in [4.69, 9.17) is 18.9 Å². The van der Waals surface area contributed by atoms with Gasteiger partial charge < -0.3 is 24.3 Å². The molecular formula is C22H22N2O7S. The molecule has 2 rings (SSSR count). The molecule has 0 fully saturated rings. The van der Waals surface area contributed by atoms with Crippen LogP contribution >= 0.6 is 11.3 Å². The molecule has 0 bridgehead atoms. The molecule has 1 heterocycles. The quantitative estimate of drug-likeness (QED) is 0.274. The largest absolute Gasteiger partial charge is 0.493 e. The Kier molecular flexibility index (Phi) is 8.38. The van der Waals surface area contributed by atoms with Crippen molar-refractivity contribution in [2.45, 2.75) is 26.9 Å². The molecule has 1 aromatic heterocycles. The van der Waals surface area contributed by atoms with Gasteiger partial charge in [-0.1, -0.05) is 0 Å². The highest BCUT2D eigenvalue weighted by Crippen LogP contribution is 2.39. The Morgan fingerprint density at radius 1 is 1.16 bits per heavy atom. The highest BCUT2D eigenvalue weighted by molar-refractivity contribution is 7.14. The van der Waals surface area contributed by atoms with E-state index in [1.807, 2.05) is 6.07 Å². The van der Waals surface area contributed by atoms with Crippen molar-refractivity contribution < 1.29 is 33.3 Å². The molecular weight excluding hydrogens is 436 g/mol. The number of carbonyl (C=O) groups is 3. The topological polar surface area (TPSA) is 124 Å². The third kappa shape index (κ3) is 6.09. The number of nitrogens with one attached hydrogen (secondary N) is 1. The predicted octanol–water partition coefficient (Wildman–Crippen LogP) is 3.80. The fraction of sp³-hybridized carbons (Fsp3) is 0.273. The third-order valence-corrected chi connectivity index (χ3v) is 4.69. The van der Waals surface area contributed by atoms with E-state index in [9.17, 15) is 19.6 Å². The summed E-state index contributed by atoms with van der Waals surface area (Å²) in [4.78, 5) is 36.2. The van der Waals surface area contributed by atoms with Gasteiger partial charge in [0.2, 0.25) is 5.75 Å². The van der Waals surface area contributed by atoms with Crippen molar-refractivity contribution in [3.05, 3.63) is 40.3 Å². The summed E-state index contributed by atoms with van der Waals surface area (Å²) in [5.41, 5.74) is 0.362. The summed E-state index contributed by atoms with van der Waals surface area (Å²) >= 11 is 1.13. The summed E-state index contributed by atoms with van der Waals surface area (Å²) in [5, 5.41) is 14.0. The van der Waals surface area contributed by atoms with E-state index in [1.165, 1.54) is 45.4 Å². The number of methoxy groups -OCH3 is 2. The molecule has 0 aliphatic rings. The maximum Gasteiger partial charge on any atom is 0.341 e. The fourth-order valence-corrected chi connectivity index (χ4v) is 3.33. The second kappa shape index (κ2) is 11.0. The Balaban J connectivity index is 2.35. The lowest BCUT2D eigenvalue weighted by molar-refractivity contribution is -0.132. The van der Waals surface area contributed by atoms with Crippen molar-refractivity contribution in [3.8, 4) is 23.3 Å². The minimum atomic E-state index is -0.712. The zero-order valence-electron chi connectivity index (χ0n) is 18.2. The maximum atomic E-state index is 12.7. The lowest BCUT2D eigenvalue weighted by Crippen LogP contribution is -2.17. The number of esters is 2. The zero-order chi connectivity index (χ0) is 23.8. The normalized spacial score (nSPS) is 10.8. The minimum absolute atomic E-state index is 0.0782. The molecule has 0 unspecified atom stereocenters. The summed E-state index contributed by atoms with van der Waals surface area (Å²) in [6.07, 6.45) is 0.998. The average Bonchev–Trinajstić information content (AvgIpc) is 3.19. The highest BCUT2D eigenvalue weighted by Gasteiger charge is 2.20. The Labute approximate surface area is 189 Å². The third-order valence-electron chi connectivity index (χ3n) is 3.86. The number of thiophene rings is 1.